The van der Waals surface area contributed by atoms with Crippen molar-refractivity contribution >= 4 is 29.9 Å². The Bertz CT molecular complexity index is 524. The Morgan fingerprint density at radius 2 is 2.16 bits per heavy atom. The van der Waals surface area contributed by atoms with Gasteiger partial charge in [-0.1, -0.05) is 18.6 Å². The second kappa shape index (κ2) is 12.4. The fraction of sp³-hybridized carbons (Fsp3) is 0.632. The van der Waals surface area contributed by atoms with Crippen LogP contribution < -0.4 is 15.4 Å². The first-order valence-corrected chi connectivity index (χ1v) is 9.04. The van der Waals surface area contributed by atoms with E-state index < -0.39 is 0 Å². The summed E-state index contributed by atoms with van der Waals surface area (Å²) in [6.45, 7) is 6.45. The van der Waals surface area contributed by atoms with Crippen LogP contribution in [-0.2, 0) is 6.54 Å². The van der Waals surface area contributed by atoms with E-state index in [1.807, 2.05) is 25.2 Å². The van der Waals surface area contributed by atoms with Gasteiger partial charge in [0.15, 0.2) is 5.96 Å². The number of aliphatic imine (C=N–C) groups is 1. The molecular weight excluding hydrogens is 427 g/mol. The molecule has 1 fully saturated rings. The zero-order valence-electron chi connectivity index (χ0n) is 15.8. The van der Waals surface area contributed by atoms with Crippen molar-refractivity contribution in [2.75, 3.05) is 33.8 Å². The summed E-state index contributed by atoms with van der Waals surface area (Å²) in [5.41, 5.74) is 1.18. The summed E-state index contributed by atoms with van der Waals surface area (Å²) in [7, 11) is 3.50. The van der Waals surface area contributed by atoms with Crippen molar-refractivity contribution in [2.45, 2.75) is 45.2 Å². The van der Waals surface area contributed by atoms with Gasteiger partial charge >= 0.3 is 0 Å². The third kappa shape index (κ3) is 7.81. The molecule has 0 bridgehead atoms. The minimum atomic E-state index is 0. The maximum absolute atomic E-state index is 5.26. The lowest BCUT2D eigenvalue weighted by Gasteiger charge is -2.33. The average Bonchev–Trinajstić information content (AvgIpc) is 2.62. The number of rotatable bonds is 7. The van der Waals surface area contributed by atoms with E-state index in [1.165, 1.54) is 37.9 Å². The first kappa shape index (κ1) is 22.0. The van der Waals surface area contributed by atoms with Crippen molar-refractivity contribution in [1.29, 1.82) is 0 Å². The topological polar surface area (TPSA) is 48.9 Å². The molecule has 1 heterocycles. The Kier molecular flexibility index (Phi) is 10.9. The lowest BCUT2D eigenvalue weighted by molar-refractivity contribution is 0.159. The smallest absolute Gasteiger partial charge is 0.191 e. The molecule has 0 saturated carbocycles. The van der Waals surface area contributed by atoms with Crippen LogP contribution in [0.1, 0.15) is 38.2 Å². The zero-order valence-corrected chi connectivity index (χ0v) is 18.1. The maximum Gasteiger partial charge on any atom is 0.191 e. The molecule has 0 aliphatic carbocycles. The normalized spacial score (nSPS) is 18.4. The maximum atomic E-state index is 5.26. The summed E-state index contributed by atoms with van der Waals surface area (Å²) in [6.07, 6.45) is 5.22. The van der Waals surface area contributed by atoms with Gasteiger partial charge in [-0.25, -0.2) is 0 Å². The highest BCUT2D eigenvalue weighted by Gasteiger charge is 2.17. The molecule has 1 aliphatic rings. The molecule has 1 aliphatic heterocycles. The van der Waals surface area contributed by atoms with E-state index in [4.69, 9.17) is 4.74 Å². The van der Waals surface area contributed by atoms with Gasteiger partial charge in [-0.3, -0.25) is 4.99 Å². The van der Waals surface area contributed by atoms with Gasteiger partial charge in [0.25, 0.3) is 0 Å². The van der Waals surface area contributed by atoms with Crippen LogP contribution in [0.3, 0.4) is 0 Å². The largest absolute Gasteiger partial charge is 0.497 e. The highest BCUT2D eigenvalue weighted by Crippen LogP contribution is 2.16. The van der Waals surface area contributed by atoms with Crippen molar-refractivity contribution in [1.82, 2.24) is 15.5 Å². The summed E-state index contributed by atoms with van der Waals surface area (Å²) in [4.78, 5) is 6.90. The van der Waals surface area contributed by atoms with Gasteiger partial charge < -0.3 is 20.3 Å². The SMILES string of the molecule is CN=C(NCCCN1CCCCC1C)NCc1cccc(OC)c1.I. The standard InChI is InChI=1S/C19H32N4O.HI/c1-16-8-4-5-12-23(16)13-7-11-21-19(20-2)22-15-17-9-6-10-18(14-17)24-3;/h6,9-10,14,16H,4-5,7-8,11-13,15H2,1-3H3,(H2,20,21,22);1H. The van der Waals surface area contributed by atoms with Gasteiger partial charge in [-0.05, 0) is 50.4 Å². The number of likely N-dealkylation sites (tertiary alicyclic amines) is 1. The first-order chi connectivity index (χ1) is 11.7. The zero-order chi connectivity index (χ0) is 17.2. The minimum absolute atomic E-state index is 0. The molecule has 2 rings (SSSR count). The van der Waals surface area contributed by atoms with Crippen LogP contribution in [0.4, 0.5) is 0 Å². The first-order valence-electron chi connectivity index (χ1n) is 9.04. The molecule has 142 valence electrons. The highest BCUT2D eigenvalue weighted by molar-refractivity contribution is 14.0. The molecule has 5 nitrogen and oxygen atoms in total. The van der Waals surface area contributed by atoms with Crippen molar-refractivity contribution in [3.63, 3.8) is 0 Å². The molecule has 0 radical (unpaired) electrons. The number of hydrogen-bond acceptors (Lipinski definition) is 3. The number of methoxy groups -OCH3 is 1. The number of halogens is 1. The van der Waals surface area contributed by atoms with Gasteiger partial charge in [0.1, 0.15) is 5.75 Å². The number of guanidine groups is 1. The van der Waals surface area contributed by atoms with Gasteiger partial charge in [0.2, 0.25) is 0 Å². The Morgan fingerprint density at radius 1 is 1.32 bits per heavy atom. The molecule has 1 aromatic rings. The van der Waals surface area contributed by atoms with Crippen molar-refractivity contribution in [2.24, 2.45) is 4.99 Å². The summed E-state index contributed by atoms with van der Waals surface area (Å²) in [5.74, 6) is 1.73. The Balaban J connectivity index is 0.00000312. The van der Waals surface area contributed by atoms with Gasteiger partial charge in [-0.15, -0.1) is 24.0 Å². The van der Waals surface area contributed by atoms with E-state index in [2.05, 4.69) is 33.5 Å². The van der Waals surface area contributed by atoms with Crippen LogP contribution in [0, 0.1) is 0 Å². The van der Waals surface area contributed by atoms with Crippen molar-refractivity contribution in [3.05, 3.63) is 29.8 Å². The summed E-state index contributed by atoms with van der Waals surface area (Å²) >= 11 is 0. The molecule has 6 heteroatoms. The number of nitrogens with zero attached hydrogens (tertiary/aromatic N) is 2. The van der Waals surface area contributed by atoms with Crippen molar-refractivity contribution in [3.8, 4) is 5.75 Å². The Labute approximate surface area is 169 Å². The lowest BCUT2D eigenvalue weighted by Crippen LogP contribution is -2.41. The van der Waals surface area contributed by atoms with E-state index in [0.29, 0.717) is 0 Å². The van der Waals surface area contributed by atoms with Gasteiger partial charge in [-0.2, -0.15) is 0 Å². The van der Waals surface area contributed by atoms with Crippen molar-refractivity contribution < 1.29 is 4.74 Å². The van der Waals surface area contributed by atoms with E-state index >= 15 is 0 Å². The van der Waals surface area contributed by atoms with Crippen LogP contribution in [0.15, 0.2) is 29.3 Å². The highest BCUT2D eigenvalue weighted by atomic mass is 127. The van der Waals surface area contributed by atoms with E-state index in [0.717, 1.165) is 37.3 Å². The third-order valence-electron chi connectivity index (χ3n) is 4.67. The second-order valence-corrected chi connectivity index (χ2v) is 6.44. The molecule has 1 atom stereocenters. The van der Waals surface area contributed by atoms with Gasteiger partial charge in [0, 0.05) is 32.7 Å². The fourth-order valence-corrected chi connectivity index (χ4v) is 3.17. The van der Waals surface area contributed by atoms with E-state index in [-0.39, 0.29) is 24.0 Å². The predicted octanol–water partition coefficient (Wildman–Crippen LogP) is 3.24. The second-order valence-electron chi connectivity index (χ2n) is 6.44. The fourth-order valence-electron chi connectivity index (χ4n) is 3.17. The summed E-state index contributed by atoms with van der Waals surface area (Å²) in [5, 5.41) is 6.76. The van der Waals surface area contributed by atoms with E-state index in [1.54, 1.807) is 7.11 Å². The van der Waals surface area contributed by atoms with Crippen LogP contribution >= 0.6 is 24.0 Å². The van der Waals surface area contributed by atoms with E-state index in [9.17, 15) is 0 Å². The summed E-state index contributed by atoms with van der Waals surface area (Å²) in [6, 6.07) is 8.83. The molecule has 25 heavy (non-hydrogen) atoms. The Hall–Kier alpha value is -1.02. The minimum Gasteiger partial charge on any atom is -0.497 e. The molecule has 2 N–H and O–H groups in total. The van der Waals surface area contributed by atoms with Crippen LogP contribution in [-0.4, -0.2) is 50.7 Å². The number of ether oxygens (including phenoxy) is 1. The Morgan fingerprint density at radius 3 is 2.88 bits per heavy atom. The average molecular weight is 460 g/mol. The third-order valence-corrected chi connectivity index (χ3v) is 4.67. The number of piperidine rings is 1. The lowest BCUT2D eigenvalue weighted by atomic mass is 10.0. The number of nitrogens with one attached hydrogen (secondary N) is 2. The molecule has 0 spiro atoms. The summed E-state index contributed by atoms with van der Waals surface area (Å²) < 4.78 is 5.26. The molecule has 1 aromatic carbocycles. The molecule has 1 saturated heterocycles. The molecule has 1 unspecified atom stereocenters. The molecule has 0 amide bonds. The number of benzene rings is 1. The van der Waals surface area contributed by atoms with Crippen LogP contribution in [0.5, 0.6) is 5.75 Å². The van der Waals surface area contributed by atoms with Crippen LogP contribution in [0.25, 0.3) is 0 Å². The molecule has 0 aromatic heterocycles. The van der Waals surface area contributed by atoms with Gasteiger partial charge in [0.05, 0.1) is 7.11 Å². The monoisotopic (exact) mass is 460 g/mol. The predicted molar refractivity (Wildman–Crippen MR) is 116 cm³/mol. The van der Waals surface area contributed by atoms with Crippen LogP contribution in [0.2, 0.25) is 0 Å². The number of hydrogen-bond donors (Lipinski definition) is 2. The molecular formula is C19H33IN4O. The quantitative estimate of drug-likeness (QED) is 0.284.